The monoisotopic (exact) mass is 429 g/mol. The van der Waals surface area contributed by atoms with Crippen LogP contribution in [-0.2, 0) is 11.3 Å². The summed E-state index contributed by atoms with van der Waals surface area (Å²) in [7, 11) is 0. The average Bonchev–Trinajstić information content (AvgIpc) is 3.03. The zero-order valence-corrected chi connectivity index (χ0v) is 17.6. The first-order chi connectivity index (χ1) is 15.0. The third-order valence-corrected chi connectivity index (χ3v) is 5.75. The minimum atomic E-state index is -0.462. The molecule has 1 fully saturated rings. The number of aryl methyl sites for hydroxylation is 1. The van der Waals surface area contributed by atoms with Gasteiger partial charge in [-0.1, -0.05) is 54.6 Å². The van der Waals surface area contributed by atoms with Crippen LogP contribution in [0.25, 0.3) is 6.08 Å². The molecule has 3 aromatic rings. The molecule has 0 aliphatic carbocycles. The highest BCUT2D eigenvalue weighted by atomic mass is 32.2. The number of esters is 1. The van der Waals surface area contributed by atoms with Crippen LogP contribution < -0.4 is 4.74 Å². The van der Waals surface area contributed by atoms with Crippen LogP contribution >= 0.6 is 11.8 Å². The number of thioether (sulfide) groups is 1. The van der Waals surface area contributed by atoms with Crippen molar-refractivity contribution in [3.63, 3.8) is 0 Å². The van der Waals surface area contributed by atoms with Crippen molar-refractivity contribution >= 4 is 35.0 Å². The Kier molecular flexibility index (Phi) is 6.00. The van der Waals surface area contributed by atoms with Gasteiger partial charge in [0, 0.05) is 0 Å². The lowest BCUT2D eigenvalue weighted by Gasteiger charge is -2.14. The summed E-state index contributed by atoms with van der Waals surface area (Å²) in [5, 5.41) is -0.300. The number of nitrogens with zero attached hydrogens (tertiary/aromatic N) is 1. The number of ether oxygens (including phenoxy) is 1. The SMILES string of the molecule is Cc1ccccc1CN1C(=O)S/C(=C\c2cccc(OC(=O)c3ccccc3)c2)C1=O. The number of carbonyl (C=O) groups excluding carboxylic acids is 3. The maximum absolute atomic E-state index is 12.8. The van der Waals surface area contributed by atoms with Crippen molar-refractivity contribution in [3.8, 4) is 5.75 Å². The molecule has 6 heteroatoms. The molecule has 154 valence electrons. The van der Waals surface area contributed by atoms with Crippen LogP contribution in [0.4, 0.5) is 4.79 Å². The van der Waals surface area contributed by atoms with Gasteiger partial charge in [-0.25, -0.2) is 4.79 Å². The van der Waals surface area contributed by atoms with Crippen LogP contribution in [0.1, 0.15) is 27.0 Å². The molecule has 31 heavy (non-hydrogen) atoms. The molecule has 2 amide bonds. The Morgan fingerprint density at radius 3 is 2.48 bits per heavy atom. The fraction of sp³-hybridized carbons (Fsp3) is 0.0800. The van der Waals surface area contributed by atoms with Crippen molar-refractivity contribution < 1.29 is 19.1 Å². The molecule has 5 nitrogen and oxygen atoms in total. The lowest BCUT2D eigenvalue weighted by atomic mass is 10.1. The molecule has 1 aliphatic heterocycles. The Bertz CT molecular complexity index is 1190. The van der Waals surface area contributed by atoms with Gasteiger partial charge in [0.1, 0.15) is 5.75 Å². The summed E-state index contributed by atoms with van der Waals surface area (Å²) in [6.07, 6.45) is 1.64. The lowest BCUT2D eigenvalue weighted by Crippen LogP contribution is -2.27. The minimum Gasteiger partial charge on any atom is -0.423 e. The second-order valence-electron chi connectivity index (χ2n) is 7.02. The number of carbonyl (C=O) groups is 3. The van der Waals surface area contributed by atoms with E-state index in [1.54, 1.807) is 54.6 Å². The zero-order chi connectivity index (χ0) is 21.8. The molecule has 3 aromatic carbocycles. The third kappa shape index (κ3) is 4.75. The highest BCUT2D eigenvalue weighted by Gasteiger charge is 2.35. The van der Waals surface area contributed by atoms with Gasteiger partial charge in [-0.3, -0.25) is 14.5 Å². The molecule has 4 rings (SSSR count). The first-order valence-electron chi connectivity index (χ1n) is 9.68. The molecule has 0 atom stereocenters. The predicted octanol–water partition coefficient (Wildman–Crippen LogP) is 5.45. The van der Waals surface area contributed by atoms with Gasteiger partial charge in [0.2, 0.25) is 0 Å². The van der Waals surface area contributed by atoms with Gasteiger partial charge in [0.15, 0.2) is 0 Å². The first-order valence-corrected chi connectivity index (χ1v) is 10.5. The number of imide groups is 1. The summed E-state index contributed by atoms with van der Waals surface area (Å²) >= 11 is 0.909. The van der Waals surface area contributed by atoms with E-state index in [2.05, 4.69) is 0 Å². The van der Waals surface area contributed by atoms with Crippen LogP contribution in [0.5, 0.6) is 5.75 Å². The summed E-state index contributed by atoms with van der Waals surface area (Å²) in [5.41, 5.74) is 3.07. The van der Waals surface area contributed by atoms with E-state index in [0.29, 0.717) is 21.8 Å². The highest BCUT2D eigenvalue weighted by molar-refractivity contribution is 8.18. The van der Waals surface area contributed by atoms with Gasteiger partial charge in [0.25, 0.3) is 11.1 Å². The summed E-state index contributed by atoms with van der Waals surface area (Å²) in [4.78, 5) is 39.1. The van der Waals surface area contributed by atoms with E-state index in [1.807, 2.05) is 37.3 Å². The smallest absolute Gasteiger partial charge is 0.343 e. The van der Waals surface area contributed by atoms with E-state index >= 15 is 0 Å². The van der Waals surface area contributed by atoms with Gasteiger partial charge >= 0.3 is 5.97 Å². The molecule has 0 saturated carbocycles. The Hall–Kier alpha value is -3.64. The van der Waals surface area contributed by atoms with E-state index in [-0.39, 0.29) is 17.7 Å². The second-order valence-corrected chi connectivity index (χ2v) is 8.02. The van der Waals surface area contributed by atoms with E-state index < -0.39 is 5.97 Å². The Labute approximate surface area is 184 Å². The van der Waals surface area contributed by atoms with E-state index in [1.165, 1.54) is 4.90 Å². The van der Waals surface area contributed by atoms with Crippen LogP contribution in [0.3, 0.4) is 0 Å². The van der Waals surface area contributed by atoms with Crippen molar-refractivity contribution in [2.24, 2.45) is 0 Å². The normalized spacial score (nSPS) is 14.9. The Morgan fingerprint density at radius 1 is 0.968 bits per heavy atom. The van der Waals surface area contributed by atoms with Gasteiger partial charge in [-0.15, -0.1) is 0 Å². The number of benzene rings is 3. The lowest BCUT2D eigenvalue weighted by molar-refractivity contribution is -0.123. The number of amides is 2. The standard InChI is InChI=1S/C25H19NO4S/c1-17-8-5-6-12-20(17)16-26-23(27)22(31-25(26)29)15-18-9-7-13-21(14-18)30-24(28)19-10-3-2-4-11-19/h2-15H,16H2,1H3/b22-15-. The molecule has 1 saturated heterocycles. The third-order valence-electron chi connectivity index (χ3n) is 4.84. The molecular formula is C25H19NO4S. The molecule has 0 aromatic heterocycles. The highest BCUT2D eigenvalue weighted by Crippen LogP contribution is 2.34. The van der Waals surface area contributed by atoms with Crippen LogP contribution in [0.15, 0.2) is 83.8 Å². The molecule has 0 N–H and O–H groups in total. The number of hydrogen-bond acceptors (Lipinski definition) is 5. The molecule has 0 bridgehead atoms. The maximum atomic E-state index is 12.8. The van der Waals surface area contributed by atoms with E-state index in [9.17, 15) is 14.4 Å². The Morgan fingerprint density at radius 2 is 1.71 bits per heavy atom. The molecular weight excluding hydrogens is 410 g/mol. The largest absolute Gasteiger partial charge is 0.423 e. The van der Waals surface area contributed by atoms with Crippen molar-refractivity contribution in [1.82, 2.24) is 4.90 Å². The Balaban J connectivity index is 1.50. The number of rotatable bonds is 5. The van der Waals surface area contributed by atoms with Gasteiger partial charge in [-0.2, -0.15) is 0 Å². The second kappa shape index (κ2) is 9.02. The van der Waals surface area contributed by atoms with Gasteiger partial charge in [-0.05, 0) is 65.7 Å². The van der Waals surface area contributed by atoms with Crippen molar-refractivity contribution in [2.45, 2.75) is 13.5 Å². The average molecular weight is 429 g/mol. The quantitative estimate of drug-likeness (QED) is 0.307. The zero-order valence-electron chi connectivity index (χ0n) is 16.8. The topological polar surface area (TPSA) is 63.7 Å². The summed E-state index contributed by atoms with van der Waals surface area (Å²) in [5.74, 6) is -0.428. The van der Waals surface area contributed by atoms with Crippen molar-refractivity contribution in [2.75, 3.05) is 0 Å². The first kappa shape index (κ1) is 20.6. The minimum absolute atomic E-state index is 0.239. The number of hydrogen-bond donors (Lipinski definition) is 0. The van der Waals surface area contributed by atoms with Crippen LogP contribution in [-0.4, -0.2) is 22.0 Å². The summed E-state index contributed by atoms with van der Waals surface area (Å²) in [6.45, 7) is 2.19. The predicted molar refractivity (Wildman–Crippen MR) is 121 cm³/mol. The van der Waals surface area contributed by atoms with Crippen molar-refractivity contribution in [3.05, 3.63) is 106 Å². The van der Waals surface area contributed by atoms with Crippen LogP contribution in [0, 0.1) is 6.92 Å². The molecule has 0 spiro atoms. The van der Waals surface area contributed by atoms with Crippen molar-refractivity contribution in [1.29, 1.82) is 0 Å². The fourth-order valence-electron chi connectivity index (χ4n) is 3.15. The molecule has 1 heterocycles. The van der Waals surface area contributed by atoms with E-state index in [0.717, 1.165) is 22.9 Å². The molecule has 1 aliphatic rings. The maximum Gasteiger partial charge on any atom is 0.343 e. The van der Waals surface area contributed by atoms with Gasteiger partial charge < -0.3 is 4.74 Å². The van der Waals surface area contributed by atoms with E-state index in [4.69, 9.17) is 4.74 Å². The molecule has 0 radical (unpaired) electrons. The fourth-order valence-corrected chi connectivity index (χ4v) is 3.99. The van der Waals surface area contributed by atoms with Crippen LogP contribution in [0.2, 0.25) is 0 Å². The summed E-state index contributed by atoms with van der Waals surface area (Å²) < 4.78 is 5.43. The summed E-state index contributed by atoms with van der Waals surface area (Å²) in [6, 6.07) is 23.2. The molecule has 0 unspecified atom stereocenters. The van der Waals surface area contributed by atoms with Gasteiger partial charge in [0.05, 0.1) is 17.0 Å².